The lowest BCUT2D eigenvalue weighted by Gasteiger charge is -2.12. The highest BCUT2D eigenvalue weighted by Gasteiger charge is 2.20. The van der Waals surface area contributed by atoms with Gasteiger partial charge in [0.25, 0.3) is 10.0 Å². The van der Waals surface area contributed by atoms with Gasteiger partial charge in [-0.2, -0.15) is 5.10 Å². The van der Waals surface area contributed by atoms with E-state index in [1.807, 2.05) is 18.5 Å². The fourth-order valence-electron chi connectivity index (χ4n) is 2.75. The molecule has 0 atom stereocenters. The molecule has 7 nitrogen and oxygen atoms in total. The second kappa shape index (κ2) is 6.45. The summed E-state index contributed by atoms with van der Waals surface area (Å²) in [6, 6.07) is 9.32. The molecule has 0 saturated heterocycles. The summed E-state index contributed by atoms with van der Waals surface area (Å²) in [4.78, 5) is 11.1. The molecule has 136 valence electrons. The summed E-state index contributed by atoms with van der Waals surface area (Å²) in [6.07, 6.45) is 1.73. The summed E-state index contributed by atoms with van der Waals surface area (Å²) in [6.45, 7) is 5.60. The summed E-state index contributed by atoms with van der Waals surface area (Å²) >= 11 is 0. The van der Waals surface area contributed by atoms with E-state index in [0.29, 0.717) is 11.3 Å². The third kappa shape index (κ3) is 3.28. The van der Waals surface area contributed by atoms with Crippen molar-refractivity contribution in [2.24, 2.45) is 0 Å². The van der Waals surface area contributed by atoms with Crippen LogP contribution in [-0.4, -0.2) is 29.3 Å². The highest BCUT2D eigenvalue weighted by molar-refractivity contribution is 7.92. The Balaban J connectivity index is 2.02. The zero-order valence-corrected chi connectivity index (χ0v) is 15.4. The smallest absolute Gasteiger partial charge is 0.335 e. The molecule has 0 fully saturated rings. The Hall–Kier alpha value is -2.87. The number of sulfonamides is 1. The van der Waals surface area contributed by atoms with Crippen LogP contribution < -0.4 is 4.72 Å². The number of aromatic carboxylic acids is 1. The second-order valence-corrected chi connectivity index (χ2v) is 8.00. The fourth-order valence-corrected chi connectivity index (χ4v) is 4.07. The van der Waals surface area contributed by atoms with Crippen LogP contribution in [0.2, 0.25) is 0 Å². The Kier molecular flexibility index (Phi) is 4.45. The average molecular weight is 373 g/mol. The molecule has 2 N–H and O–H groups in total. The fraction of sp³-hybridized carbons (Fsp3) is 0.222. The number of aromatic nitrogens is 2. The van der Waals surface area contributed by atoms with Gasteiger partial charge in [0.05, 0.1) is 27.9 Å². The van der Waals surface area contributed by atoms with Crippen LogP contribution >= 0.6 is 0 Å². The maximum Gasteiger partial charge on any atom is 0.335 e. The first kappa shape index (κ1) is 17.9. The first-order chi connectivity index (χ1) is 12.2. The van der Waals surface area contributed by atoms with Crippen LogP contribution in [0.25, 0.3) is 10.9 Å². The van der Waals surface area contributed by atoms with Gasteiger partial charge in [0.1, 0.15) is 0 Å². The topological polar surface area (TPSA) is 101 Å². The van der Waals surface area contributed by atoms with Crippen LogP contribution in [-0.2, 0) is 10.0 Å². The molecule has 3 rings (SSSR count). The Morgan fingerprint density at radius 1 is 1.19 bits per heavy atom. The SMILES string of the molecule is Cc1ccc(C(=O)O)cc1S(=O)(=O)Nc1ccc2cnn(C(C)C)c2c1. The zero-order valence-electron chi connectivity index (χ0n) is 14.6. The third-order valence-corrected chi connectivity index (χ3v) is 5.59. The molecule has 1 heterocycles. The summed E-state index contributed by atoms with van der Waals surface area (Å²) < 4.78 is 29.9. The maximum absolute atomic E-state index is 12.8. The Labute approximate surface area is 151 Å². The normalized spacial score (nSPS) is 11.8. The summed E-state index contributed by atoms with van der Waals surface area (Å²) in [5, 5.41) is 14.3. The number of carbonyl (C=O) groups is 1. The van der Waals surface area contributed by atoms with E-state index in [-0.39, 0.29) is 16.5 Å². The lowest BCUT2D eigenvalue weighted by atomic mass is 10.1. The summed E-state index contributed by atoms with van der Waals surface area (Å²) in [5.74, 6) is -1.18. The van der Waals surface area contributed by atoms with Gasteiger partial charge in [-0.05, 0) is 56.7 Å². The lowest BCUT2D eigenvalue weighted by Crippen LogP contribution is -2.15. The number of hydrogen-bond donors (Lipinski definition) is 2. The van der Waals surface area contributed by atoms with Gasteiger partial charge in [0, 0.05) is 11.4 Å². The lowest BCUT2D eigenvalue weighted by molar-refractivity contribution is 0.0696. The molecule has 2 aromatic carbocycles. The predicted octanol–water partition coefficient (Wildman–Crippen LogP) is 3.42. The van der Waals surface area contributed by atoms with E-state index in [4.69, 9.17) is 5.11 Å². The van der Waals surface area contributed by atoms with Crippen molar-refractivity contribution in [2.45, 2.75) is 31.7 Å². The Morgan fingerprint density at radius 2 is 1.92 bits per heavy atom. The molecule has 0 bridgehead atoms. The van der Waals surface area contributed by atoms with E-state index >= 15 is 0 Å². The number of hydrogen-bond acceptors (Lipinski definition) is 4. The average Bonchev–Trinajstić information content (AvgIpc) is 2.97. The van der Waals surface area contributed by atoms with E-state index in [0.717, 1.165) is 17.0 Å². The minimum Gasteiger partial charge on any atom is -0.478 e. The quantitative estimate of drug-likeness (QED) is 0.713. The van der Waals surface area contributed by atoms with Crippen LogP contribution in [0.4, 0.5) is 5.69 Å². The van der Waals surface area contributed by atoms with Crippen molar-refractivity contribution in [3.8, 4) is 0 Å². The van der Waals surface area contributed by atoms with Crippen molar-refractivity contribution in [1.29, 1.82) is 0 Å². The molecule has 0 spiro atoms. The molecule has 3 aromatic rings. The molecule has 0 saturated carbocycles. The number of benzene rings is 2. The number of carboxylic acids is 1. The molecule has 0 aliphatic carbocycles. The van der Waals surface area contributed by atoms with Crippen molar-refractivity contribution in [3.63, 3.8) is 0 Å². The van der Waals surface area contributed by atoms with E-state index in [2.05, 4.69) is 9.82 Å². The van der Waals surface area contributed by atoms with Gasteiger partial charge in [-0.1, -0.05) is 6.07 Å². The largest absolute Gasteiger partial charge is 0.478 e. The van der Waals surface area contributed by atoms with Crippen LogP contribution in [0.15, 0.2) is 47.5 Å². The van der Waals surface area contributed by atoms with E-state index in [9.17, 15) is 13.2 Å². The third-order valence-electron chi connectivity index (χ3n) is 4.06. The Bertz CT molecular complexity index is 1100. The van der Waals surface area contributed by atoms with Gasteiger partial charge in [-0.25, -0.2) is 13.2 Å². The standard InChI is InChI=1S/C18H19N3O4S/c1-11(2)21-16-9-15(7-6-14(16)10-19-21)20-26(24,25)17-8-13(18(22)23)5-4-12(17)3/h4-11,20H,1-3H3,(H,22,23). The van der Waals surface area contributed by atoms with Crippen molar-refractivity contribution in [1.82, 2.24) is 9.78 Å². The van der Waals surface area contributed by atoms with E-state index in [1.165, 1.54) is 12.1 Å². The number of carboxylic acid groups (broad SMARTS) is 1. The van der Waals surface area contributed by atoms with Crippen molar-refractivity contribution in [2.75, 3.05) is 4.72 Å². The van der Waals surface area contributed by atoms with Gasteiger partial charge in [-0.3, -0.25) is 9.40 Å². The first-order valence-electron chi connectivity index (χ1n) is 8.03. The molecule has 8 heteroatoms. The minimum absolute atomic E-state index is 0.0603. The number of nitrogens with one attached hydrogen (secondary N) is 1. The maximum atomic E-state index is 12.8. The van der Waals surface area contributed by atoms with Gasteiger partial charge < -0.3 is 5.11 Å². The molecular formula is C18H19N3O4S. The van der Waals surface area contributed by atoms with Crippen LogP contribution in [0, 0.1) is 6.92 Å². The molecule has 0 radical (unpaired) electrons. The molecule has 1 aromatic heterocycles. The molecule has 0 unspecified atom stereocenters. The highest BCUT2D eigenvalue weighted by Crippen LogP contribution is 2.25. The molecular weight excluding hydrogens is 354 g/mol. The van der Waals surface area contributed by atoms with Crippen LogP contribution in [0.3, 0.4) is 0 Å². The molecule has 0 aliphatic rings. The summed E-state index contributed by atoms with van der Waals surface area (Å²) in [7, 11) is -3.93. The molecule has 26 heavy (non-hydrogen) atoms. The summed E-state index contributed by atoms with van der Waals surface area (Å²) in [5.41, 5.74) is 1.59. The number of aryl methyl sites for hydroxylation is 1. The van der Waals surface area contributed by atoms with Crippen molar-refractivity contribution >= 4 is 32.6 Å². The Morgan fingerprint density at radius 3 is 2.58 bits per heavy atom. The second-order valence-electron chi connectivity index (χ2n) is 6.35. The molecule has 0 aliphatic heterocycles. The van der Waals surface area contributed by atoms with Crippen molar-refractivity contribution < 1.29 is 18.3 Å². The number of nitrogens with zero attached hydrogens (tertiary/aromatic N) is 2. The zero-order chi connectivity index (χ0) is 19.1. The number of rotatable bonds is 5. The van der Waals surface area contributed by atoms with E-state index < -0.39 is 16.0 Å². The number of fused-ring (bicyclic) bond motifs is 1. The monoisotopic (exact) mass is 373 g/mol. The van der Waals surface area contributed by atoms with Gasteiger partial charge in [0.15, 0.2) is 0 Å². The minimum atomic E-state index is -3.93. The van der Waals surface area contributed by atoms with E-state index in [1.54, 1.807) is 31.3 Å². The van der Waals surface area contributed by atoms with Crippen LogP contribution in [0.5, 0.6) is 0 Å². The highest BCUT2D eigenvalue weighted by atomic mass is 32.2. The van der Waals surface area contributed by atoms with Crippen molar-refractivity contribution in [3.05, 3.63) is 53.7 Å². The molecule has 0 amide bonds. The predicted molar refractivity (Wildman–Crippen MR) is 99.1 cm³/mol. The van der Waals surface area contributed by atoms with Gasteiger partial charge in [0.2, 0.25) is 0 Å². The first-order valence-corrected chi connectivity index (χ1v) is 9.51. The number of anilines is 1. The van der Waals surface area contributed by atoms with Crippen LogP contribution in [0.1, 0.15) is 35.8 Å². The van der Waals surface area contributed by atoms with Gasteiger partial charge in [-0.15, -0.1) is 0 Å². The van der Waals surface area contributed by atoms with Gasteiger partial charge >= 0.3 is 5.97 Å².